The largest absolute Gasteiger partial charge is 0.495 e. The Morgan fingerprint density at radius 2 is 2.03 bits per heavy atom. The van der Waals surface area contributed by atoms with E-state index >= 15 is 0 Å². The van der Waals surface area contributed by atoms with Crippen LogP contribution in [-0.2, 0) is 4.84 Å². The van der Waals surface area contributed by atoms with Crippen LogP contribution in [0.25, 0.3) is 11.8 Å². The Bertz CT molecular complexity index is 1330. The summed E-state index contributed by atoms with van der Waals surface area (Å²) in [7, 11) is 1.65. The first-order valence-corrected chi connectivity index (χ1v) is 12.4. The molecule has 0 radical (unpaired) electrons. The highest BCUT2D eigenvalue weighted by molar-refractivity contribution is 14.1. The van der Waals surface area contributed by atoms with E-state index in [1.165, 1.54) is 6.07 Å². The van der Waals surface area contributed by atoms with E-state index in [9.17, 15) is 8.78 Å². The van der Waals surface area contributed by atoms with Gasteiger partial charge in [-0.3, -0.25) is 0 Å². The van der Waals surface area contributed by atoms with Gasteiger partial charge in [0.05, 0.1) is 30.9 Å². The molecule has 1 saturated heterocycles. The number of oxime groups is 1. The third-order valence-electron chi connectivity index (χ3n) is 6.40. The molecule has 0 amide bonds. The van der Waals surface area contributed by atoms with Crippen LogP contribution in [0.3, 0.4) is 0 Å². The van der Waals surface area contributed by atoms with Crippen LogP contribution in [0.1, 0.15) is 41.3 Å². The molecule has 0 spiro atoms. The van der Waals surface area contributed by atoms with Gasteiger partial charge >= 0.3 is 0 Å². The minimum atomic E-state index is -0.841. The summed E-state index contributed by atoms with van der Waals surface area (Å²) >= 11 is 2.32. The van der Waals surface area contributed by atoms with Gasteiger partial charge in [-0.15, -0.1) is 0 Å². The van der Waals surface area contributed by atoms with Crippen LogP contribution in [0.15, 0.2) is 47.5 Å². The molecule has 9 heteroatoms. The third kappa shape index (κ3) is 4.53. The Balaban J connectivity index is 1.50. The Morgan fingerprint density at radius 3 is 2.74 bits per heavy atom. The van der Waals surface area contributed by atoms with Gasteiger partial charge in [-0.25, -0.2) is 13.8 Å². The summed E-state index contributed by atoms with van der Waals surface area (Å²) < 4.78 is 36.7. The molecule has 3 aromatic rings. The van der Waals surface area contributed by atoms with Crippen molar-refractivity contribution < 1.29 is 18.4 Å². The second-order valence-electron chi connectivity index (χ2n) is 8.79. The molecule has 1 aromatic heterocycles. The number of fused-ring (bicyclic) bond motifs is 1. The Kier molecular flexibility index (Phi) is 6.52. The number of methoxy groups -OCH3 is 1. The minimum Gasteiger partial charge on any atom is -0.495 e. The van der Waals surface area contributed by atoms with Crippen LogP contribution in [0.4, 0.5) is 8.78 Å². The maximum Gasteiger partial charge on any atom is 0.172 e. The quantitative estimate of drug-likeness (QED) is 0.353. The van der Waals surface area contributed by atoms with E-state index in [2.05, 4.69) is 49.8 Å². The Labute approximate surface area is 216 Å². The molecule has 6 nitrogen and oxygen atoms in total. The fourth-order valence-electron chi connectivity index (χ4n) is 4.65. The lowest BCUT2D eigenvalue weighted by Gasteiger charge is -2.40. The lowest BCUT2D eigenvalue weighted by atomic mass is 9.95. The normalized spacial score (nSPS) is 18.8. The molecular weight excluding hydrogens is 565 g/mol. The van der Waals surface area contributed by atoms with Gasteiger partial charge in [0.15, 0.2) is 17.5 Å². The van der Waals surface area contributed by atoms with Crippen molar-refractivity contribution in [3.63, 3.8) is 0 Å². The summed E-state index contributed by atoms with van der Waals surface area (Å²) in [5.41, 5.74) is 4.85. The number of piperidine rings is 1. The molecule has 2 aliphatic heterocycles. The molecule has 1 atom stereocenters. The monoisotopic (exact) mass is 590 g/mol. The molecule has 0 aliphatic carbocycles. The lowest BCUT2D eigenvalue weighted by molar-refractivity contribution is 0.0573. The highest BCUT2D eigenvalue weighted by Gasteiger charge is 2.33. The van der Waals surface area contributed by atoms with Gasteiger partial charge in [0.1, 0.15) is 12.4 Å². The molecule has 1 fully saturated rings. The number of ether oxygens (including phenoxy) is 1. The summed E-state index contributed by atoms with van der Waals surface area (Å²) in [5.74, 6) is -0.179. The number of aryl methyl sites for hydroxylation is 2. The fraction of sp³-hybridized carbons (Fsp3) is 0.308. The van der Waals surface area contributed by atoms with Crippen molar-refractivity contribution in [3.8, 4) is 11.4 Å². The van der Waals surface area contributed by atoms with Crippen LogP contribution >= 0.6 is 22.6 Å². The second-order valence-corrected chi connectivity index (χ2v) is 9.96. The molecule has 2 aliphatic rings. The zero-order valence-corrected chi connectivity index (χ0v) is 21.8. The zero-order valence-electron chi connectivity index (χ0n) is 19.7. The zero-order chi connectivity index (χ0) is 24.7. The molecule has 3 heterocycles. The van der Waals surface area contributed by atoms with Crippen molar-refractivity contribution in [1.82, 2.24) is 14.5 Å². The van der Waals surface area contributed by atoms with E-state index in [-0.39, 0.29) is 18.2 Å². The van der Waals surface area contributed by atoms with Crippen molar-refractivity contribution in [2.75, 3.05) is 20.3 Å². The van der Waals surface area contributed by atoms with Crippen LogP contribution in [-0.4, -0.2) is 40.5 Å². The molecule has 0 saturated carbocycles. The molecule has 0 bridgehead atoms. The standard InChI is InChI=1S/C26H25F2IN4O2/c1-15-7-19(9-20(27)25(15)28)23-13-35-31-26-17(5-4-6-33(23)26)8-18-10-24(34-3)22(11-21(18)29)32-12-16(2)30-14-32/h7-12,14,23H,4-6,13H2,1-3H3/b17-8+. The number of hydrogen-bond acceptors (Lipinski definition) is 5. The first kappa shape index (κ1) is 23.8. The van der Waals surface area contributed by atoms with Crippen LogP contribution in [0.5, 0.6) is 5.75 Å². The number of benzene rings is 2. The lowest BCUT2D eigenvalue weighted by Crippen LogP contribution is -2.44. The summed E-state index contributed by atoms with van der Waals surface area (Å²) in [6.07, 6.45) is 7.60. The van der Waals surface area contributed by atoms with Crippen molar-refractivity contribution >= 4 is 34.5 Å². The third-order valence-corrected chi connectivity index (χ3v) is 7.33. The fourth-order valence-corrected chi connectivity index (χ4v) is 5.26. The van der Waals surface area contributed by atoms with Gasteiger partial charge in [-0.05, 0) is 95.8 Å². The number of aromatic nitrogens is 2. The van der Waals surface area contributed by atoms with Crippen LogP contribution in [0, 0.1) is 29.1 Å². The summed E-state index contributed by atoms with van der Waals surface area (Å²) in [6, 6.07) is 6.80. The maximum atomic E-state index is 14.2. The van der Waals surface area contributed by atoms with E-state index in [0.29, 0.717) is 5.56 Å². The molecule has 182 valence electrons. The van der Waals surface area contributed by atoms with Crippen molar-refractivity contribution in [2.45, 2.75) is 32.7 Å². The molecule has 35 heavy (non-hydrogen) atoms. The summed E-state index contributed by atoms with van der Waals surface area (Å²) in [5, 5.41) is 4.37. The highest BCUT2D eigenvalue weighted by atomic mass is 127. The van der Waals surface area contributed by atoms with Gasteiger partial charge in [-0.1, -0.05) is 11.2 Å². The molecule has 0 N–H and O–H groups in total. The van der Waals surface area contributed by atoms with Crippen molar-refractivity contribution in [2.24, 2.45) is 5.16 Å². The number of hydrogen-bond donors (Lipinski definition) is 0. The first-order chi connectivity index (χ1) is 16.9. The summed E-state index contributed by atoms with van der Waals surface area (Å²) in [6.45, 7) is 4.57. The van der Waals surface area contributed by atoms with E-state index in [1.807, 2.05) is 23.8 Å². The predicted molar refractivity (Wildman–Crippen MR) is 139 cm³/mol. The number of amidine groups is 1. The van der Waals surface area contributed by atoms with Gasteiger partial charge in [0.2, 0.25) is 0 Å². The van der Waals surface area contributed by atoms with E-state index < -0.39 is 11.6 Å². The Hall–Kier alpha value is -2.95. The molecule has 1 unspecified atom stereocenters. The van der Waals surface area contributed by atoms with Gasteiger partial charge in [0, 0.05) is 16.3 Å². The number of halogens is 3. The predicted octanol–water partition coefficient (Wildman–Crippen LogP) is 5.94. The topological polar surface area (TPSA) is 51.9 Å². The van der Waals surface area contributed by atoms with Gasteiger partial charge < -0.3 is 19.0 Å². The first-order valence-electron chi connectivity index (χ1n) is 11.4. The average molecular weight is 590 g/mol. The second kappa shape index (κ2) is 9.60. The van der Waals surface area contributed by atoms with E-state index in [1.54, 1.807) is 26.4 Å². The smallest absolute Gasteiger partial charge is 0.172 e. The van der Waals surface area contributed by atoms with Crippen LogP contribution < -0.4 is 4.74 Å². The van der Waals surface area contributed by atoms with E-state index in [0.717, 1.165) is 57.1 Å². The van der Waals surface area contributed by atoms with Crippen molar-refractivity contribution in [1.29, 1.82) is 0 Å². The highest BCUT2D eigenvalue weighted by Crippen LogP contribution is 2.35. The number of imidazole rings is 1. The molecule has 5 rings (SSSR count). The number of rotatable bonds is 4. The summed E-state index contributed by atoms with van der Waals surface area (Å²) in [4.78, 5) is 12.0. The molecule has 2 aromatic carbocycles. The Morgan fingerprint density at radius 1 is 1.20 bits per heavy atom. The number of nitrogens with zero attached hydrogens (tertiary/aromatic N) is 4. The maximum absolute atomic E-state index is 14.2. The SMILES string of the molecule is COc1cc(/C=C2\CCCN3C2=NOCC3c2cc(C)c(F)c(F)c2)c(I)cc1-n1cnc(C)c1. The van der Waals surface area contributed by atoms with Gasteiger partial charge in [-0.2, -0.15) is 0 Å². The van der Waals surface area contributed by atoms with Gasteiger partial charge in [0.25, 0.3) is 0 Å². The average Bonchev–Trinajstić information content (AvgIpc) is 3.29. The van der Waals surface area contributed by atoms with Crippen LogP contribution in [0.2, 0.25) is 0 Å². The minimum absolute atomic E-state index is 0.236. The van der Waals surface area contributed by atoms with Crippen molar-refractivity contribution in [3.05, 3.63) is 80.0 Å². The van der Waals surface area contributed by atoms with E-state index in [4.69, 9.17) is 9.57 Å². The molecular formula is C26H25F2IN4O2.